The molecule has 0 aliphatic rings. The first kappa shape index (κ1) is 18.1. The molecule has 0 radical (unpaired) electrons. The number of rotatable bonds is 7. The molecule has 0 unspecified atom stereocenters. The summed E-state index contributed by atoms with van der Waals surface area (Å²) in [7, 11) is 0. The molecule has 0 saturated carbocycles. The van der Waals surface area contributed by atoms with Crippen molar-refractivity contribution in [2.75, 3.05) is 6.54 Å². The Morgan fingerprint density at radius 3 is 2.21 bits per heavy atom. The lowest BCUT2D eigenvalue weighted by atomic mass is 9.96. The van der Waals surface area contributed by atoms with E-state index in [1.54, 1.807) is 12.1 Å². The highest BCUT2D eigenvalue weighted by Crippen LogP contribution is 2.17. The SMILES string of the molecule is CC(C)[C@@H]([NH2+]CC(=O)N[C@H](C)c1ccccc1)c1ccc(F)cc1. The van der Waals surface area contributed by atoms with Crippen LogP contribution in [0, 0.1) is 11.7 Å². The van der Waals surface area contributed by atoms with Crippen LogP contribution in [0.25, 0.3) is 0 Å². The molecule has 2 aromatic carbocycles. The molecule has 0 spiro atoms. The normalized spacial score (nSPS) is 13.5. The zero-order valence-electron chi connectivity index (χ0n) is 14.5. The average Bonchev–Trinajstić information content (AvgIpc) is 2.57. The largest absolute Gasteiger partial charge is 0.345 e. The van der Waals surface area contributed by atoms with Gasteiger partial charge in [-0.3, -0.25) is 4.79 Å². The Kier molecular flexibility index (Phi) is 6.50. The van der Waals surface area contributed by atoms with Gasteiger partial charge in [-0.25, -0.2) is 4.39 Å². The predicted molar refractivity (Wildman–Crippen MR) is 93.8 cm³/mol. The summed E-state index contributed by atoms with van der Waals surface area (Å²) < 4.78 is 13.1. The number of quaternary nitrogens is 1. The molecule has 0 bridgehead atoms. The molecule has 2 aromatic rings. The summed E-state index contributed by atoms with van der Waals surface area (Å²) in [6.45, 7) is 6.54. The van der Waals surface area contributed by atoms with Crippen LogP contribution >= 0.6 is 0 Å². The van der Waals surface area contributed by atoms with Crippen molar-refractivity contribution >= 4 is 5.91 Å². The number of carbonyl (C=O) groups is 1. The second-order valence-corrected chi connectivity index (χ2v) is 6.46. The van der Waals surface area contributed by atoms with Crippen molar-refractivity contribution in [2.45, 2.75) is 32.9 Å². The molecule has 4 heteroatoms. The fraction of sp³-hybridized carbons (Fsp3) is 0.350. The minimum atomic E-state index is -0.240. The number of hydrogen-bond acceptors (Lipinski definition) is 1. The number of amides is 1. The fourth-order valence-electron chi connectivity index (χ4n) is 2.84. The summed E-state index contributed by atoms with van der Waals surface area (Å²) in [6.07, 6.45) is 0. The van der Waals surface area contributed by atoms with E-state index in [2.05, 4.69) is 19.2 Å². The van der Waals surface area contributed by atoms with Gasteiger partial charge in [-0.05, 0) is 24.6 Å². The molecule has 2 rings (SSSR count). The van der Waals surface area contributed by atoms with E-state index in [0.29, 0.717) is 12.5 Å². The third-order valence-corrected chi connectivity index (χ3v) is 4.21. The van der Waals surface area contributed by atoms with Crippen molar-refractivity contribution in [3.8, 4) is 0 Å². The van der Waals surface area contributed by atoms with Gasteiger partial charge in [0.15, 0.2) is 6.54 Å². The monoisotopic (exact) mass is 329 g/mol. The van der Waals surface area contributed by atoms with Gasteiger partial charge in [-0.1, -0.05) is 56.3 Å². The van der Waals surface area contributed by atoms with Crippen molar-refractivity contribution in [2.24, 2.45) is 5.92 Å². The van der Waals surface area contributed by atoms with Crippen molar-refractivity contribution in [1.82, 2.24) is 5.32 Å². The standard InChI is InChI=1S/C20H25FN2O/c1-14(2)20(17-9-11-18(21)12-10-17)22-13-19(24)23-15(3)16-7-5-4-6-8-16/h4-12,14-15,20,22H,13H2,1-3H3,(H,23,24)/p+1/t15-,20-/m1/s1. The summed E-state index contributed by atoms with van der Waals surface area (Å²) in [4.78, 5) is 12.2. The topological polar surface area (TPSA) is 45.7 Å². The van der Waals surface area contributed by atoms with Gasteiger partial charge in [-0.15, -0.1) is 0 Å². The minimum Gasteiger partial charge on any atom is -0.345 e. The molecule has 3 N–H and O–H groups in total. The van der Waals surface area contributed by atoms with E-state index < -0.39 is 0 Å². The summed E-state index contributed by atoms with van der Waals surface area (Å²) in [6, 6.07) is 16.5. The molecule has 0 fully saturated rings. The van der Waals surface area contributed by atoms with Crippen LogP contribution in [0.3, 0.4) is 0 Å². The van der Waals surface area contributed by atoms with Gasteiger partial charge in [-0.2, -0.15) is 0 Å². The number of benzene rings is 2. The first-order valence-electron chi connectivity index (χ1n) is 8.40. The van der Waals surface area contributed by atoms with Crippen LogP contribution in [0.1, 0.15) is 44.0 Å². The van der Waals surface area contributed by atoms with Crippen LogP contribution in [-0.4, -0.2) is 12.5 Å². The van der Waals surface area contributed by atoms with Gasteiger partial charge < -0.3 is 10.6 Å². The van der Waals surface area contributed by atoms with Crippen LogP contribution in [0.5, 0.6) is 0 Å². The van der Waals surface area contributed by atoms with E-state index in [1.807, 2.05) is 42.6 Å². The van der Waals surface area contributed by atoms with Crippen molar-refractivity contribution in [1.29, 1.82) is 0 Å². The van der Waals surface area contributed by atoms with Crippen LogP contribution in [0.2, 0.25) is 0 Å². The Morgan fingerprint density at radius 1 is 1.00 bits per heavy atom. The van der Waals surface area contributed by atoms with E-state index in [4.69, 9.17) is 0 Å². The lowest BCUT2D eigenvalue weighted by Crippen LogP contribution is -2.88. The number of nitrogens with one attached hydrogen (secondary N) is 1. The maximum absolute atomic E-state index is 13.1. The number of nitrogens with two attached hydrogens (primary N) is 1. The molecular formula is C20H26FN2O+. The zero-order chi connectivity index (χ0) is 17.5. The summed E-state index contributed by atoms with van der Waals surface area (Å²) >= 11 is 0. The highest BCUT2D eigenvalue weighted by atomic mass is 19.1. The lowest BCUT2D eigenvalue weighted by molar-refractivity contribution is -0.692. The molecule has 0 heterocycles. The van der Waals surface area contributed by atoms with E-state index in [-0.39, 0.29) is 23.8 Å². The minimum absolute atomic E-state index is 0.000820. The van der Waals surface area contributed by atoms with Crippen LogP contribution in [-0.2, 0) is 4.79 Å². The number of halogens is 1. The zero-order valence-corrected chi connectivity index (χ0v) is 14.5. The quantitative estimate of drug-likeness (QED) is 0.806. The molecule has 0 saturated heterocycles. The maximum atomic E-state index is 13.1. The van der Waals surface area contributed by atoms with Crippen LogP contribution in [0.4, 0.5) is 4.39 Å². The maximum Gasteiger partial charge on any atom is 0.275 e. The van der Waals surface area contributed by atoms with Crippen LogP contribution in [0.15, 0.2) is 54.6 Å². The second kappa shape index (κ2) is 8.60. The highest BCUT2D eigenvalue weighted by Gasteiger charge is 2.21. The Morgan fingerprint density at radius 2 is 1.62 bits per heavy atom. The molecule has 0 aliphatic heterocycles. The third-order valence-electron chi connectivity index (χ3n) is 4.21. The molecule has 128 valence electrons. The van der Waals surface area contributed by atoms with Crippen LogP contribution < -0.4 is 10.6 Å². The number of hydrogen-bond donors (Lipinski definition) is 2. The molecule has 0 aromatic heterocycles. The first-order chi connectivity index (χ1) is 11.5. The molecular weight excluding hydrogens is 303 g/mol. The van der Waals surface area contributed by atoms with Gasteiger partial charge >= 0.3 is 0 Å². The predicted octanol–water partition coefficient (Wildman–Crippen LogP) is 2.96. The average molecular weight is 329 g/mol. The lowest BCUT2D eigenvalue weighted by Gasteiger charge is -2.20. The third kappa shape index (κ3) is 5.17. The van der Waals surface area contributed by atoms with Gasteiger partial charge in [0, 0.05) is 11.5 Å². The molecule has 3 nitrogen and oxygen atoms in total. The summed E-state index contributed by atoms with van der Waals surface area (Å²) in [5, 5.41) is 5.04. The molecule has 0 aliphatic carbocycles. The van der Waals surface area contributed by atoms with E-state index >= 15 is 0 Å². The smallest absolute Gasteiger partial charge is 0.275 e. The molecule has 2 atom stereocenters. The van der Waals surface area contributed by atoms with Gasteiger partial charge in [0.2, 0.25) is 0 Å². The Hall–Kier alpha value is -2.20. The van der Waals surface area contributed by atoms with Gasteiger partial charge in [0.05, 0.1) is 6.04 Å². The summed E-state index contributed by atoms with van der Waals surface area (Å²) in [5.41, 5.74) is 2.13. The first-order valence-corrected chi connectivity index (χ1v) is 8.40. The second-order valence-electron chi connectivity index (χ2n) is 6.46. The van der Waals surface area contributed by atoms with Crippen molar-refractivity contribution < 1.29 is 14.5 Å². The van der Waals surface area contributed by atoms with Gasteiger partial charge in [0.25, 0.3) is 5.91 Å². The van der Waals surface area contributed by atoms with E-state index in [0.717, 1.165) is 11.1 Å². The van der Waals surface area contributed by atoms with Crippen molar-refractivity contribution in [3.63, 3.8) is 0 Å². The van der Waals surface area contributed by atoms with E-state index in [9.17, 15) is 9.18 Å². The summed E-state index contributed by atoms with van der Waals surface area (Å²) in [5.74, 6) is 0.101. The Bertz CT molecular complexity index is 640. The number of carbonyl (C=O) groups excluding carboxylic acids is 1. The highest BCUT2D eigenvalue weighted by molar-refractivity contribution is 5.77. The molecule has 1 amide bonds. The van der Waals surface area contributed by atoms with E-state index in [1.165, 1.54) is 12.1 Å². The Balaban J connectivity index is 1.92. The molecule has 24 heavy (non-hydrogen) atoms. The fourth-order valence-corrected chi connectivity index (χ4v) is 2.84. The van der Waals surface area contributed by atoms with Gasteiger partial charge in [0.1, 0.15) is 11.9 Å². The Labute approximate surface area is 143 Å². The van der Waals surface area contributed by atoms with Crippen molar-refractivity contribution in [3.05, 3.63) is 71.5 Å².